The molecular formula is C16H18BrClN3O3+. The molecule has 2 saturated heterocycles. The third kappa shape index (κ3) is 3.20. The van der Waals surface area contributed by atoms with Crippen molar-refractivity contribution in [3.63, 3.8) is 0 Å². The van der Waals surface area contributed by atoms with Crippen molar-refractivity contribution >= 4 is 50.9 Å². The van der Waals surface area contributed by atoms with Gasteiger partial charge in [-0.15, -0.1) is 0 Å². The van der Waals surface area contributed by atoms with Crippen molar-refractivity contribution < 1.29 is 19.3 Å². The second kappa shape index (κ2) is 6.82. The number of likely N-dealkylation sites (tertiary alicyclic amines) is 1. The first-order valence-corrected chi connectivity index (χ1v) is 9.01. The van der Waals surface area contributed by atoms with Crippen LogP contribution in [0.4, 0.5) is 5.69 Å². The number of nitrogens with two attached hydrogens (primary N) is 1. The first-order chi connectivity index (χ1) is 11.4. The Bertz CT molecular complexity index is 704. The summed E-state index contributed by atoms with van der Waals surface area (Å²) in [6, 6.07) is 4.63. The van der Waals surface area contributed by atoms with Gasteiger partial charge in [0.25, 0.3) is 5.91 Å². The summed E-state index contributed by atoms with van der Waals surface area (Å²) in [5, 5.41) is 0.450. The van der Waals surface area contributed by atoms with E-state index in [0.717, 1.165) is 4.90 Å². The number of piperidine rings is 1. The topological polar surface area (TPSA) is 84.9 Å². The zero-order chi connectivity index (χ0) is 17.4. The number of primary amides is 1. The van der Waals surface area contributed by atoms with Crippen LogP contribution in [-0.2, 0) is 14.4 Å². The Balaban J connectivity index is 1.75. The monoisotopic (exact) mass is 414 g/mol. The van der Waals surface area contributed by atoms with Gasteiger partial charge in [0.1, 0.15) is 0 Å². The molecule has 6 nitrogen and oxygen atoms in total. The molecular weight excluding hydrogens is 398 g/mol. The molecule has 0 unspecified atom stereocenters. The highest BCUT2D eigenvalue weighted by Gasteiger charge is 2.46. The van der Waals surface area contributed by atoms with E-state index >= 15 is 0 Å². The molecule has 0 saturated carbocycles. The van der Waals surface area contributed by atoms with Gasteiger partial charge in [-0.3, -0.25) is 14.4 Å². The van der Waals surface area contributed by atoms with E-state index in [9.17, 15) is 14.4 Å². The van der Waals surface area contributed by atoms with E-state index in [4.69, 9.17) is 17.3 Å². The normalized spacial score (nSPS) is 27.6. The predicted octanol–water partition coefficient (Wildman–Crippen LogP) is 0.515. The summed E-state index contributed by atoms with van der Waals surface area (Å²) in [6.07, 6.45) is 1.50. The number of carbonyl (C=O) groups is 3. The minimum atomic E-state index is -0.395. The van der Waals surface area contributed by atoms with Gasteiger partial charge in [-0.2, -0.15) is 0 Å². The molecule has 0 spiro atoms. The van der Waals surface area contributed by atoms with Crippen LogP contribution in [0, 0.1) is 5.92 Å². The maximum absolute atomic E-state index is 12.8. The largest absolute Gasteiger partial charge is 0.369 e. The highest BCUT2D eigenvalue weighted by atomic mass is 79.9. The molecule has 2 fully saturated rings. The summed E-state index contributed by atoms with van der Waals surface area (Å²) in [5.74, 6) is -0.824. The van der Waals surface area contributed by atoms with Crippen LogP contribution in [0.1, 0.15) is 19.3 Å². The Labute approximate surface area is 153 Å². The van der Waals surface area contributed by atoms with Crippen LogP contribution >= 0.6 is 27.5 Å². The van der Waals surface area contributed by atoms with Gasteiger partial charge in [-0.05, 0) is 34.1 Å². The molecule has 1 atom stereocenters. The van der Waals surface area contributed by atoms with Crippen LogP contribution in [-0.4, -0.2) is 36.9 Å². The number of rotatable bonds is 3. The second-order valence-electron chi connectivity index (χ2n) is 6.26. The number of hydrogen-bond acceptors (Lipinski definition) is 3. The van der Waals surface area contributed by atoms with Gasteiger partial charge in [0.2, 0.25) is 11.8 Å². The highest BCUT2D eigenvalue weighted by Crippen LogP contribution is 2.30. The fourth-order valence-corrected chi connectivity index (χ4v) is 3.89. The van der Waals surface area contributed by atoms with Crippen LogP contribution in [0.5, 0.6) is 0 Å². The molecule has 128 valence electrons. The summed E-state index contributed by atoms with van der Waals surface area (Å²) in [6.45, 7) is 1.35. The average Bonchev–Trinajstić information content (AvgIpc) is 2.85. The van der Waals surface area contributed by atoms with Gasteiger partial charge in [-0.1, -0.05) is 11.6 Å². The molecule has 0 radical (unpaired) electrons. The summed E-state index contributed by atoms with van der Waals surface area (Å²) < 4.78 is 0.711. The third-order valence-corrected chi connectivity index (χ3v) is 6.06. The summed E-state index contributed by atoms with van der Waals surface area (Å²) in [4.78, 5) is 38.7. The minimum Gasteiger partial charge on any atom is -0.369 e. The molecule has 0 bridgehead atoms. The van der Waals surface area contributed by atoms with E-state index in [1.54, 1.807) is 18.2 Å². The van der Waals surface area contributed by atoms with Crippen LogP contribution in [0.25, 0.3) is 0 Å². The third-order valence-electron chi connectivity index (χ3n) is 4.83. The van der Waals surface area contributed by atoms with Crippen molar-refractivity contribution in [1.82, 2.24) is 0 Å². The maximum Gasteiger partial charge on any atom is 0.292 e. The van der Waals surface area contributed by atoms with Crippen molar-refractivity contribution in [2.75, 3.05) is 18.0 Å². The Hall–Kier alpha value is -1.44. The van der Waals surface area contributed by atoms with E-state index in [2.05, 4.69) is 15.9 Å². The maximum atomic E-state index is 12.8. The van der Waals surface area contributed by atoms with E-state index < -0.39 is 6.04 Å². The van der Waals surface area contributed by atoms with Gasteiger partial charge in [-0.25, -0.2) is 4.90 Å². The van der Waals surface area contributed by atoms with Crippen molar-refractivity contribution in [3.8, 4) is 0 Å². The van der Waals surface area contributed by atoms with Crippen molar-refractivity contribution in [1.29, 1.82) is 0 Å². The van der Waals surface area contributed by atoms with Crippen LogP contribution in [0.2, 0.25) is 5.02 Å². The Morgan fingerprint density at radius 2 is 1.96 bits per heavy atom. The van der Waals surface area contributed by atoms with Crippen LogP contribution < -0.4 is 15.5 Å². The zero-order valence-electron chi connectivity index (χ0n) is 12.9. The molecule has 2 aliphatic rings. The van der Waals surface area contributed by atoms with Gasteiger partial charge in [0.15, 0.2) is 6.04 Å². The Morgan fingerprint density at radius 1 is 1.29 bits per heavy atom. The smallest absolute Gasteiger partial charge is 0.292 e. The lowest BCUT2D eigenvalue weighted by molar-refractivity contribution is -0.920. The van der Waals surface area contributed by atoms with Crippen molar-refractivity contribution in [2.45, 2.75) is 25.3 Å². The Kier molecular flexibility index (Phi) is 4.94. The highest BCUT2D eigenvalue weighted by molar-refractivity contribution is 9.10. The number of nitrogens with zero attached hydrogens (tertiary/aromatic N) is 1. The fourth-order valence-electron chi connectivity index (χ4n) is 3.47. The van der Waals surface area contributed by atoms with E-state index in [0.29, 0.717) is 41.1 Å². The number of amides is 3. The number of nitrogens with one attached hydrogen (secondary N) is 1. The van der Waals surface area contributed by atoms with Crippen LogP contribution in [0.15, 0.2) is 22.7 Å². The lowest BCUT2D eigenvalue weighted by Crippen LogP contribution is -3.17. The second-order valence-corrected chi connectivity index (χ2v) is 7.52. The molecule has 24 heavy (non-hydrogen) atoms. The zero-order valence-corrected chi connectivity index (χ0v) is 15.3. The molecule has 0 aromatic heterocycles. The van der Waals surface area contributed by atoms with E-state index in [-0.39, 0.29) is 30.1 Å². The predicted molar refractivity (Wildman–Crippen MR) is 92.7 cm³/mol. The Morgan fingerprint density at radius 3 is 2.54 bits per heavy atom. The quantitative estimate of drug-likeness (QED) is 0.706. The van der Waals surface area contributed by atoms with E-state index in [1.807, 2.05) is 0 Å². The molecule has 8 heteroatoms. The van der Waals surface area contributed by atoms with Gasteiger partial charge in [0.05, 0.1) is 30.2 Å². The number of benzene rings is 1. The lowest BCUT2D eigenvalue weighted by atomic mass is 9.95. The molecule has 3 amide bonds. The number of hydrogen-bond donors (Lipinski definition) is 2. The lowest BCUT2D eigenvalue weighted by Gasteiger charge is -2.30. The van der Waals surface area contributed by atoms with Gasteiger partial charge < -0.3 is 10.6 Å². The molecule has 1 aromatic rings. The summed E-state index contributed by atoms with van der Waals surface area (Å²) >= 11 is 9.37. The minimum absolute atomic E-state index is 0.123. The van der Waals surface area contributed by atoms with Crippen molar-refractivity contribution in [2.24, 2.45) is 11.7 Å². The number of halogens is 2. The van der Waals surface area contributed by atoms with Gasteiger partial charge >= 0.3 is 0 Å². The average molecular weight is 416 g/mol. The number of quaternary nitrogens is 1. The number of anilines is 1. The number of carbonyl (C=O) groups excluding carboxylic acids is 3. The van der Waals surface area contributed by atoms with Crippen molar-refractivity contribution in [3.05, 3.63) is 27.7 Å². The molecule has 3 rings (SSSR count). The standard InChI is InChI=1S/C16H17BrClN3O3/c17-11-2-1-10(7-12(11)18)21-14(22)8-13(16(21)24)20-5-3-9(4-6-20)15(19)23/h1-2,7,9,13H,3-6,8H2,(H2,19,23)/p+1/t13-/m0/s1. The molecule has 0 aliphatic carbocycles. The molecule has 1 aromatic carbocycles. The fraction of sp³-hybridized carbons (Fsp3) is 0.438. The number of imide groups is 1. The first-order valence-electron chi connectivity index (χ1n) is 7.84. The molecule has 2 aliphatic heterocycles. The van der Waals surface area contributed by atoms with Crippen LogP contribution in [0.3, 0.4) is 0 Å². The molecule has 3 N–H and O–H groups in total. The molecule has 2 heterocycles. The van der Waals surface area contributed by atoms with Gasteiger partial charge in [0, 0.05) is 23.2 Å². The summed E-state index contributed by atoms with van der Waals surface area (Å²) in [5.41, 5.74) is 5.84. The summed E-state index contributed by atoms with van der Waals surface area (Å²) in [7, 11) is 0. The van der Waals surface area contributed by atoms with E-state index in [1.165, 1.54) is 4.90 Å². The SMILES string of the molecule is NC(=O)C1CC[NH+]([C@H]2CC(=O)N(c3ccc(Br)c(Cl)c3)C2=O)CC1. The first kappa shape index (κ1) is 17.4.